The molecule has 0 spiro atoms. The zero-order valence-electron chi connectivity index (χ0n) is 13.3. The van der Waals surface area contributed by atoms with E-state index in [2.05, 4.69) is 4.98 Å². The Bertz CT molecular complexity index is 743. The van der Waals surface area contributed by atoms with Crippen molar-refractivity contribution in [2.24, 2.45) is 0 Å². The van der Waals surface area contributed by atoms with Crippen molar-refractivity contribution >= 4 is 17.7 Å². The molecule has 2 aromatic carbocycles. The number of carbonyl (C=O) groups excluding carboxylic acids is 1. The lowest BCUT2D eigenvalue weighted by atomic mass is 10.1. The molecule has 3 aromatic rings. The third-order valence-electron chi connectivity index (χ3n) is 3.31. The monoisotopic (exact) mass is 339 g/mol. The van der Waals surface area contributed by atoms with Gasteiger partial charge in [0.25, 0.3) is 5.22 Å². The molecule has 0 aliphatic rings. The number of thioether (sulfide) groups is 1. The number of aromatic nitrogens is 1. The Kier molecular flexibility index (Phi) is 5.33. The molecular formula is C19H17NO3S. The second-order valence-electron chi connectivity index (χ2n) is 4.98. The standard InChI is InChI=1S/C19H17NO3S/c1-2-22-16(21)13-24-19-20-17(14-9-5-3-6-10-14)18(23-19)15-11-7-4-8-12-15/h3-12H,2,13H2,1H3. The molecular weight excluding hydrogens is 322 g/mol. The summed E-state index contributed by atoms with van der Waals surface area (Å²) in [6.45, 7) is 2.16. The van der Waals surface area contributed by atoms with Crippen LogP contribution in [0.25, 0.3) is 22.6 Å². The largest absolute Gasteiger partial charge is 0.465 e. The Hall–Kier alpha value is -2.53. The van der Waals surface area contributed by atoms with Gasteiger partial charge in [-0.2, -0.15) is 0 Å². The Labute approximate surface area is 144 Å². The summed E-state index contributed by atoms with van der Waals surface area (Å²) in [6.07, 6.45) is 0. The first-order chi connectivity index (χ1) is 11.8. The van der Waals surface area contributed by atoms with Crippen molar-refractivity contribution in [2.45, 2.75) is 12.1 Å². The molecule has 4 nitrogen and oxygen atoms in total. The number of benzene rings is 2. The third-order valence-corrected chi connectivity index (χ3v) is 4.11. The smallest absolute Gasteiger partial charge is 0.316 e. The Morgan fingerprint density at radius 1 is 1.04 bits per heavy atom. The molecule has 24 heavy (non-hydrogen) atoms. The van der Waals surface area contributed by atoms with Gasteiger partial charge in [0.2, 0.25) is 0 Å². The van der Waals surface area contributed by atoms with Crippen molar-refractivity contribution in [3.05, 3.63) is 60.7 Å². The highest BCUT2D eigenvalue weighted by atomic mass is 32.2. The minimum absolute atomic E-state index is 0.177. The molecule has 5 heteroatoms. The first kappa shape index (κ1) is 16.3. The molecule has 0 aliphatic heterocycles. The van der Waals surface area contributed by atoms with Crippen LogP contribution in [0.2, 0.25) is 0 Å². The van der Waals surface area contributed by atoms with Crippen molar-refractivity contribution in [1.82, 2.24) is 4.98 Å². The van der Waals surface area contributed by atoms with Crippen LogP contribution in [-0.4, -0.2) is 23.3 Å². The highest BCUT2D eigenvalue weighted by molar-refractivity contribution is 7.99. The van der Waals surface area contributed by atoms with Gasteiger partial charge in [0.05, 0.1) is 6.61 Å². The van der Waals surface area contributed by atoms with Crippen LogP contribution >= 0.6 is 11.8 Å². The van der Waals surface area contributed by atoms with E-state index in [1.165, 1.54) is 11.8 Å². The van der Waals surface area contributed by atoms with Gasteiger partial charge in [0.1, 0.15) is 11.4 Å². The van der Waals surface area contributed by atoms with Crippen LogP contribution in [0.15, 0.2) is 70.3 Å². The fourth-order valence-corrected chi connectivity index (χ4v) is 2.89. The maximum absolute atomic E-state index is 11.5. The molecule has 0 fully saturated rings. The number of carbonyl (C=O) groups is 1. The van der Waals surface area contributed by atoms with Crippen LogP contribution in [0.5, 0.6) is 0 Å². The van der Waals surface area contributed by atoms with Gasteiger partial charge in [0.15, 0.2) is 5.76 Å². The lowest BCUT2D eigenvalue weighted by molar-refractivity contribution is -0.139. The SMILES string of the molecule is CCOC(=O)CSc1nc(-c2ccccc2)c(-c2ccccc2)o1. The maximum atomic E-state index is 11.5. The summed E-state index contributed by atoms with van der Waals surface area (Å²) in [5.41, 5.74) is 2.70. The summed E-state index contributed by atoms with van der Waals surface area (Å²) in [7, 11) is 0. The molecule has 3 rings (SSSR count). The maximum Gasteiger partial charge on any atom is 0.316 e. The first-order valence-electron chi connectivity index (χ1n) is 7.68. The summed E-state index contributed by atoms with van der Waals surface area (Å²) in [5.74, 6) is 0.605. The highest BCUT2D eigenvalue weighted by Crippen LogP contribution is 2.35. The Morgan fingerprint density at radius 2 is 1.67 bits per heavy atom. The second-order valence-corrected chi connectivity index (χ2v) is 5.91. The minimum Gasteiger partial charge on any atom is -0.465 e. The Balaban J connectivity index is 1.93. The van der Waals surface area contributed by atoms with Gasteiger partial charge in [-0.3, -0.25) is 4.79 Å². The van der Waals surface area contributed by atoms with E-state index >= 15 is 0 Å². The molecule has 0 saturated heterocycles. The molecule has 0 amide bonds. The van der Waals surface area contributed by atoms with Crippen molar-refractivity contribution in [3.8, 4) is 22.6 Å². The summed E-state index contributed by atoms with van der Waals surface area (Å²) in [6, 6.07) is 19.7. The van der Waals surface area contributed by atoms with Crippen molar-refractivity contribution in [1.29, 1.82) is 0 Å². The molecule has 0 saturated carbocycles. The predicted molar refractivity (Wildman–Crippen MR) is 94.7 cm³/mol. The molecule has 0 unspecified atom stereocenters. The van der Waals surface area contributed by atoms with Gasteiger partial charge in [-0.15, -0.1) is 0 Å². The minimum atomic E-state index is -0.275. The van der Waals surface area contributed by atoms with Gasteiger partial charge in [-0.25, -0.2) is 4.98 Å². The van der Waals surface area contributed by atoms with E-state index in [0.717, 1.165) is 16.8 Å². The number of ether oxygens (including phenoxy) is 1. The van der Waals surface area contributed by atoms with Gasteiger partial charge >= 0.3 is 5.97 Å². The molecule has 0 aliphatic carbocycles. The molecule has 122 valence electrons. The molecule has 1 aromatic heterocycles. The normalized spacial score (nSPS) is 10.5. The van der Waals surface area contributed by atoms with Crippen molar-refractivity contribution in [3.63, 3.8) is 0 Å². The van der Waals surface area contributed by atoms with E-state index in [-0.39, 0.29) is 11.7 Å². The summed E-state index contributed by atoms with van der Waals surface area (Å²) < 4.78 is 10.9. The van der Waals surface area contributed by atoms with Crippen LogP contribution in [0.3, 0.4) is 0 Å². The van der Waals surface area contributed by atoms with E-state index in [4.69, 9.17) is 9.15 Å². The van der Waals surface area contributed by atoms with E-state index in [1.54, 1.807) is 6.92 Å². The lowest BCUT2D eigenvalue weighted by Crippen LogP contribution is -2.06. The number of hydrogen-bond acceptors (Lipinski definition) is 5. The molecule has 1 heterocycles. The first-order valence-corrected chi connectivity index (χ1v) is 8.66. The zero-order chi connectivity index (χ0) is 16.8. The number of nitrogens with zero attached hydrogens (tertiary/aromatic N) is 1. The molecule has 0 atom stereocenters. The van der Waals surface area contributed by atoms with Crippen LogP contribution < -0.4 is 0 Å². The fourth-order valence-electron chi connectivity index (χ4n) is 2.26. The predicted octanol–water partition coefficient (Wildman–Crippen LogP) is 4.66. The summed E-state index contributed by atoms with van der Waals surface area (Å²) in [5, 5.41) is 0.459. The van der Waals surface area contributed by atoms with Crippen LogP contribution in [-0.2, 0) is 9.53 Å². The average molecular weight is 339 g/mol. The van der Waals surface area contributed by atoms with Crippen LogP contribution in [0.4, 0.5) is 0 Å². The third kappa shape index (κ3) is 3.86. The summed E-state index contributed by atoms with van der Waals surface area (Å²) >= 11 is 1.24. The van der Waals surface area contributed by atoms with Gasteiger partial charge < -0.3 is 9.15 Å². The number of esters is 1. The quantitative estimate of drug-likeness (QED) is 0.483. The van der Waals surface area contributed by atoms with E-state index in [0.29, 0.717) is 17.6 Å². The molecule has 0 bridgehead atoms. The van der Waals surface area contributed by atoms with Gasteiger partial charge in [-0.1, -0.05) is 72.4 Å². The van der Waals surface area contributed by atoms with E-state index in [1.807, 2.05) is 60.7 Å². The summed E-state index contributed by atoms with van der Waals surface area (Å²) in [4.78, 5) is 16.1. The van der Waals surface area contributed by atoms with E-state index < -0.39 is 0 Å². The van der Waals surface area contributed by atoms with Gasteiger partial charge in [-0.05, 0) is 6.92 Å². The number of rotatable bonds is 6. The fraction of sp³-hybridized carbons (Fsp3) is 0.158. The van der Waals surface area contributed by atoms with Gasteiger partial charge in [0, 0.05) is 11.1 Å². The highest BCUT2D eigenvalue weighted by Gasteiger charge is 2.18. The van der Waals surface area contributed by atoms with E-state index in [9.17, 15) is 4.79 Å². The van der Waals surface area contributed by atoms with Crippen molar-refractivity contribution < 1.29 is 13.9 Å². The molecule has 0 N–H and O–H groups in total. The molecule has 0 radical (unpaired) electrons. The van der Waals surface area contributed by atoms with Crippen LogP contribution in [0, 0.1) is 0 Å². The average Bonchev–Trinajstić information content (AvgIpc) is 3.06. The van der Waals surface area contributed by atoms with Crippen LogP contribution in [0.1, 0.15) is 6.92 Å². The number of oxazole rings is 1. The Morgan fingerprint density at radius 3 is 2.29 bits per heavy atom. The lowest BCUT2D eigenvalue weighted by Gasteiger charge is -2.00. The topological polar surface area (TPSA) is 52.3 Å². The number of hydrogen-bond donors (Lipinski definition) is 0. The van der Waals surface area contributed by atoms with Crippen molar-refractivity contribution in [2.75, 3.05) is 12.4 Å². The second kappa shape index (κ2) is 7.84. The zero-order valence-corrected chi connectivity index (χ0v) is 14.1.